The van der Waals surface area contributed by atoms with E-state index in [1.165, 1.54) is 0 Å². The Bertz CT molecular complexity index is 997. The molecule has 26 heavy (non-hydrogen) atoms. The molecule has 0 aliphatic carbocycles. The van der Waals surface area contributed by atoms with Gasteiger partial charge in [0, 0.05) is 19.0 Å². The van der Waals surface area contributed by atoms with Gasteiger partial charge < -0.3 is 19.8 Å². The number of ether oxygens (including phenoxy) is 1. The standard InChI is InChI=1S/C19H19N3O4/c1-20-16-14-8-3-4-9-15(14)26-18(23)17(16)22-19(24)21-11-12-6-5-7-13(10-12)25-2/h3-10,20H,11H2,1-2H3,(H2,21,22,24). The molecule has 3 N–H and O–H groups in total. The van der Waals surface area contributed by atoms with Gasteiger partial charge in [0.1, 0.15) is 11.3 Å². The van der Waals surface area contributed by atoms with Gasteiger partial charge in [-0.25, -0.2) is 9.59 Å². The summed E-state index contributed by atoms with van der Waals surface area (Å²) >= 11 is 0. The minimum atomic E-state index is -0.621. The summed E-state index contributed by atoms with van der Waals surface area (Å²) in [5.74, 6) is 0.706. The van der Waals surface area contributed by atoms with Gasteiger partial charge in [-0.1, -0.05) is 24.3 Å². The molecule has 0 saturated carbocycles. The first-order chi connectivity index (χ1) is 12.6. The molecular weight excluding hydrogens is 334 g/mol. The van der Waals surface area contributed by atoms with Crippen LogP contribution < -0.4 is 26.3 Å². The largest absolute Gasteiger partial charge is 0.497 e. The lowest BCUT2D eigenvalue weighted by molar-refractivity contribution is 0.251. The number of urea groups is 1. The topological polar surface area (TPSA) is 92.6 Å². The molecule has 2 amide bonds. The third kappa shape index (κ3) is 3.61. The summed E-state index contributed by atoms with van der Waals surface area (Å²) < 4.78 is 10.4. The van der Waals surface area contributed by atoms with Crippen LogP contribution in [0.3, 0.4) is 0 Å². The smallest absolute Gasteiger partial charge is 0.362 e. The minimum Gasteiger partial charge on any atom is -0.497 e. The number of hydrogen-bond acceptors (Lipinski definition) is 5. The first kappa shape index (κ1) is 17.3. The van der Waals surface area contributed by atoms with Crippen LogP contribution in [-0.2, 0) is 6.54 Å². The van der Waals surface area contributed by atoms with Crippen molar-refractivity contribution in [3.05, 3.63) is 64.5 Å². The third-order valence-corrected chi connectivity index (χ3v) is 3.89. The van der Waals surface area contributed by atoms with E-state index < -0.39 is 11.7 Å². The Morgan fingerprint density at radius 3 is 2.69 bits per heavy atom. The van der Waals surface area contributed by atoms with Crippen LogP contribution in [0.2, 0.25) is 0 Å². The monoisotopic (exact) mass is 353 g/mol. The van der Waals surface area contributed by atoms with Crippen LogP contribution in [-0.4, -0.2) is 20.2 Å². The highest BCUT2D eigenvalue weighted by molar-refractivity contribution is 6.01. The fraction of sp³-hybridized carbons (Fsp3) is 0.158. The number of para-hydroxylation sites is 1. The molecule has 0 aliphatic rings. The Kier molecular flexibility index (Phi) is 5.07. The van der Waals surface area contributed by atoms with E-state index >= 15 is 0 Å². The molecule has 7 heteroatoms. The zero-order chi connectivity index (χ0) is 18.5. The van der Waals surface area contributed by atoms with E-state index in [2.05, 4.69) is 16.0 Å². The maximum Gasteiger partial charge on any atom is 0.362 e. The highest BCUT2D eigenvalue weighted by atomic mass is 16.5. The molecule has 134 valence electrons. The number of carbonyl (C=O) groups excluding carboxylic acids is 1. The number of amides is 2. The zero-order valence-corrected chi connectivity index (χ0v) is 14.5. The number of anilines is 2. The fourth-order valence-corrected chi connectivity index (χ4v) is 2.65. The molecule has 0 bridgehead atoms. The average Bonchev–Trinajstić information content (AvgIpc) is 2.67. The molecule has 0 atom stereocenters. The molecule has 7 nitrogen and oxygen atoms in total. The van der Waals surface area contributed by atoms with Crippen LogP contribution in [0.25, 0.3) is 11.0 Å². The SMILES string of the molecule is CNc1c(NC(=O)NCc2cccc(OC)c2)c(=O)oc2ccccc12. The van der Waals surface area contributed by atoms with E-state index in [1.807, 2.05) is 36.4 Å². The highest BCUT2D eigenvalue weighted by Crippen LogP contribution is 2.27. The lowest BCUT2D eigenvalue weighted by atomic mass is 10.2. The van der Waals surface area contributed by atoms with Crippen LogP contribution in [0.5, 0.6) is 5.75 Å². The van der Waals surface area contributed by atoms with Crippen LogP contribution in [0.1, 0.15) is 5.56 Å². The molecule has 0 spiro atoms. The van der Waals surface area contributed by atoms with Crippen molar-refractivity contribution in [2.75, 3.05) is 24.8 Å². The summed E-state index contributed by atoms with van der Waals surface area (Å²) in [6.45, 7) is 0.289. The van der Waals surface area contributed by atoms with Crippen LogP contribution in [0.4, 0.5) is 16.2 Å². The van der Waals surface area contributed by atoms with E-state index in [4.69, 9.17) is 9.15 Å². The van der Waals surface area contributed by atoms with Gasteiger partial charge in [-0.15, -0.1) is 0 Å². The molecule has 0 saturated heterocycles. The molecule has 3 rings (SSSR count). The third-order valence-electron chi connectivity index (χ3n) is 3.89. The molecule has 1 heterocycles. The normalized spacial score (nSPS) is 10.4. The van der Waals surface area contributed by atoms with Gasteiger partial charge in [-0.2, -0.15) is 0 Å². The summed E-state index contributed by atoms with van der Waals surface area (Å²) in [7, 11) is 3.26. The molecule has 0 fully saturated rings. The van der Waals surface area contributed by atoms with Gasteiger partial charge in [0.05, 0.1) is 12.8 Å². The maximum absolute atomic E-state index is 12.2. The lowest BCUT2D eigenvalue weighted by Gasteiger charge is -2.12. The van der Waals surface area contributed by atoms with Crippen molar-refractivity contribution < 1.29 is 13.9 Å². The second kappa shape index (κ2) is 7.60. The van der Waals surface area contributed by atoms with Gasteiger partial charge in [0.25, 0.3) is 0 Å². The van der Waals surface area contributed by atoms with Gasteiger partial charge in [-0.05, 0) is 29.8 Å². The number of rotatable bonds is 5. The molecular formula is C19H19N3O4. The number of hydrogen-bond donors (Lipinski definition) is 3. The number of methoxy groups -OCH3 is 1. The molecule has 1 aromatic heterocycles. The molecule has 0 aliphatic heterocycles. The van der Waals surface area contributed by atoms with Gasteiger partial charge in [0.15, 0.2) is 5.69 Å². The van der Waals surface area contributed by atoms with Crippen LogP contribution in [0.15, 0.2) is 57.7 Å². The highest BCUT2D eigenvalue weighted by Gasteiger charge is 2.15. The molecule has 0 unspecified atom stereocenters. The van der Waals surface area contributed by atoms with Gasteiger partial charge in [0.2, 0.25) is 0 Å². The number of nitrogens with one attached hydrogen (secondary N) is 3. The van der Waals surface area contributed by atoms with Crippen molar-refractivity contribution in [3.63, 3.8) is 0 Å². The summed E-state index contributed by atoms with van der Waals surface area (Å²) in [4.78, 5) is 24.5. The number of carbonyl (C=O) groups is 1. The minimum absolute atomic E-state index is 0.0642. The van der Waals surface area contributed by atoms with Crippen molar-refractivity contribution in [1.82, 2.24) is 5.32 Å². The molecule has 3 aromatic rings. The van der Waals surface area contributed by atoms with Crippen molar-refractivity contribution in [3.8, 4) is 5.75 Å². The summed E-state index contributed by atoms with van der Waals surface area (Å²) in [5, 5.41) is 8.94. The Morgan fingerprint density at radius 2 is 1.92 bits per heavy atom. The quantitative estimate of drug-likeness (QED) is 0.613. The average molecular weight is 353 g/mol. The fourth-order valence-electron chi connectivity index (χ4n) is 2.65. The van der Waals surface area contributed by atoms with Crippen molar-refractivity contribution >= 4 is 28.4 Å². The summed E-state index contributed by atoms with van der Waals surface area (Å²) in [5.41, 5.74) is 1.27. The van der Waals surface area contributed by atoms with Gasteiger partial charge >= 0.3 is 11.7 Å². The van der Waals surface area contributed by atoms with Crippen molar-refractivity contribution in [2.24, 2.45) is 0 Å². The first-order valence-corrected chi connectivity index (χ1v) is 8.03. The Labute approximate surface area is 150 Å². The van der Waals surface area contributed by atoms with Crippen molar-refractivity contribution in [2.45, 2.75) is 6.54 Å². The Hall–Kier alpha value is -3.48. The molecule has 0 radical (unpaired) electrons. The zero-order valence-electron chi connectivity index (χ0n) is 14.5. The predicted molar refractivity (Wildman–Crippen MR) is 101 cm³/mol. The van der Waals surface area contributed by atoms with Crippen molar-refractivity contribution in [1.29, 1.82) is 0 Å². The van der Waals surface area contributed by atoms with E-state index in [-0.39, 0.29) is 12.2 Å². The van der Waals surface area contributed by atoms with E-state index in [0.29, 0.717) is 22.4 Å². The van der Waals surface area contributed by atoms with Crippen LogP contribution >= 0.6 is 0 Å². The van der Waals surface area contributed by atoms with E-state index in [9.17, 15) is 9.59 Å². The first-order valence-electron chi connectivity index (χ1n) is 8.03. The van der Waals surface area contributed by atoms with Gasteiger partial charge in [-0.3, -0.25) is 5.32 Å². The summed E-state index contributed by atoms with van der Waals surface area (Å²) in [6.07, 6.45) is 0. The lowest BCUT2D eigenvalue weighted by Crippen LogP contribution is -2.30. The second-order valence-corrected chi connectivity index (χ2v) is 5.54. The summed E-state index contributed by atoms with van der Waals surface area (Å²) in [6, 6.07) is 14.0. The maximum atomic E-state index is 12.2. The Morgan fingerprint density at radius 1 is 1.12 bits per heavy atom. The van der Waals surface area contributed by atoms with E-state index in [0.717, 1.165) is 5.56 Å². The number of fused-ring (bicyclic) bond motifs is 1. The van der Waals surface area contributed by atoms with E-state index in [1.54, 1.807) is 26.3 Å². The second-order valence-electron chi connectivity index (χ2n) is 5.54. The molecule has 2 aromatic carbocycles. The Balaban J connectivity index is 1.78. The van der Waals surface area contributed by atoms with Crippen LogP contribution in [0, 0.1) is 0 Å². The predicted octanol–water partition coefficient (Wildman–Crippen LogP) is 3.17. The number of benzene rings is 2.